The molecule has 6 heteroatoms. The van der Waals surface area contributed by atoms with Crippen LogP contribution in [0.2, 0.25) is 0 Å². The summed E-state index contributed by atoms with van der Waals surface area (Å²) in [4.78, 5) is 33.6. The summed E-state index contributed by atoms with van der Waals surface area (Å²) in [6.07, 6.45) is 5.25. The molecule has 1 aromatic carbocycles. The summed E-state index contributed by atoms with van der Waals surface area (Å²) in [6.45, 7) is 1.79. The number of aryl methyl sites for hydroxylation is 1. The van der Waals surface area contributed by atoms with E-state index in [9.17, 15) is 9.59 Å². The number of ether oxygens (including phenoxy) is 1. The van der Waals surface area contributed by atoms with Gasteiger partial charge in [-0.3, -0.25) is 4.79 Å². The van der Waals surface area contributed by atoms with E-state index < -0.39 is 0 Å². The van der Waals surface area contributed by atoms with Gasteiger partial charge < -0.3 is 9.72 Å². The maximum atomic E-state index is 12.6. The molecule has 1 N–H and O–H groups in total. The fourth-order valence-electron chi connectivity index (χ4n) is 3.46. The Balaban J connectivity index is 1.70. The number of nitrogens with one attached hydrogen (secondary N) is 1. The summed E-state index contributed by atoms with van der Waals surface area (Å²) in [6, 6.07) is 9.48. The molecule has 3 aromatic rings. The van der Waals surface area contributed by atoms with Crippen LogP contribution < -0.4 is 5.56 Å². The number of hydrogen-bond donors (Lipinski definition) is 1. The first-order valence-corrected chi connectivity index (χ1v) is 9.75. The molecule has 2 heterocycles. The number of thiophene rings is 1. The van der Waals surface area contributed by atoms with Gasteiger partial charge in [-0.05, 0) is 38.2 Å². The lowest BCUT2D eigenvalue weighted by Gasteiger charge is -2.21. The molecule has 26 heavy (non-hydrogen) atoms. The van der Waals surface area contributed by atoms with Gasteiger partial charge in [0.2, 0.25) is 0 Å². The number of rotatable bonds is 3. The van der Waals surface area contributed by atoms with E-state index in [0.29, 0.717) is 26.5 Å². The molecule has 1 fully saturated rings. The zero-order chi connectivity index (χ0) is 18.1. The molecule has 0 unspecified atom stereocenters. The molecule has 0 saturated heterocycles. The highest BCUT2D eigenvalue weighted by Gasteiger charge is 2.24. The van der Waals surface area contributed by atoms with Crippen molar-refractivity contribution >= 4 is 27.5 Å². The number of aromatic amines is 1. The second-order valence-corrected chi connectivity index (χ2v) is 7.68. The van der Waals surface area contributed by atoms with Crippen LogP contribution in [-0.2, 0) is 4.74 Å². The van der Waals surface area contributed by atoms with Crippen LogP contribution in [-0.4, -0.2) is 22.0 Å². The molecule has 0 bridgehead atoms. The highest BCUT2D eigenvalue weighted by Crippen LogP contribution is 2.30. The Morgan fingerprint density at radius 1 is 1.19 bits per heavy atom. The van der Waals surface area contributed by atoms with E-state index in [0.717, 1.165) is 31.2 Å². The molecular formula is C20H20N2O3S. The lowest BCUT2D eigenvalue weighted by Crippen LogP contribution is -2.20. The van der Waals surface area contributed by atoms with Crippen LogP contribution in [0, 0.1) is 6.92 Å². The second kappa shape index (κ2) is 7.03. The first-order chi connectivity index (χ1) is 12.6. The van der Waals surface area contributed by atoms with Crippen molar-refractivity contribution in [1.82, 2.24) is 9.97 Å². The number of esters is 1. The third-order valence-corrected chi connectivity index (χ3v) is 6.02. The number of hydrogen-bond acceptors (Lipinski definition) is 5. The van der Waals surface area contributed by atoms with Gasteiger partial charge in [-0.1, -0.05) is 36.8 Å². The fraction of sp³-hybridized carbons (Fsp3) is 0.350. The molecule has 1 saturated carbocycles. The number of H-pyrrole nitrogens is 1. The number of nitrogens with zero attached hydrogens (tertiary/aromatic N) is 1. The topological polar surface area (TPSA) is 72.0 Å². The Kier molecular flexibility index (Phi) is 4.59. The highest BCUT2D eigenvalue weighted by molar-refractivity contribution is 7.20. The molecule has 0 radical (unpaired) electrons. The standard InChI is InChI=1S/C20H20N2O3S/c1-12-15-18(23)21-17(13-8-4-2-5-9-13)22-19(15)26-16(12)20(24)25-14-10-6-3-7-11-14/h2,4-5,8-9,14H,3,6-7,10-11H2,1H3,(H,21,22,23). The monoisotopic (exact) mass is 368 g/mol. The Morgan fingerprint density at radius 3 is 2.65 bits per heavy atom. The van der Waals surface area contributed by atoms with Crippen LogP contribution in [0.15, 0.2) is 35.1 Å². The minimum Gasteiger partial charge on any atom is -0.458 e. The van der Waals surface area contributed by atoms with Crippen molar-refractivity contribution in [2.24, 2.45) is 0 Å². The first-order valence-electron chi connectivity index (χ1n) is 8.93. The molecule has 1 aliphatic rings. The van der Waals surface area contributed by atoms with E-state index in [-0.39, 0.29) is 17.6 Å². The summed E-state index contributed by atoms with van der Waals surface area (Å²) >= 11 is 1.24. The fourth-order valence-corrected chi connectivity index (χ4v) is 4.52. The van der Waals surface area contributed by atoms with Gasteiger partial charge in [0.25, 0.3) is 5.56 Å². The van der Waals surface area contributed by atoms with Crippen molar-refractivity contribution in [2.45, 2.75) is 45.1 Å². The summed E-state index contributed by atoms with van der Waals surface area (Å²) in [5.74, 6) is 0.176. The molecule has 4 rings (SSSR count). The predicted molar refractivity (Wildman–Crippen MR) is 103 cm³/mol. The third kappa shape index (κ3) is 3.17. The van der Waals surface area contributed by atoms with Gasteiger partial charge in [0, 0.05) is 5.56 Å². The number of benzene rings is 1. The highest BCUT2D eigenvalue weighted by atomic mass is 32.1. The summed E-state index contributed by atoms with van der Waals surface area (Å²) in [7, 11) is 0. The number of carbonyl (C=O) groups is 1. The van der Waals surface area contributed by atoms with E-state index in [1.54, 1.807) is 6.92 Å². The Bertz CT molecular complexity index is 1000. The molecule has 2 aromatic heterocycles. The molecule has 134 valence electrons. The second-order valence-electron chi connectivity index (χ2n) is 6.68. The third-order valence-electron chi connectivity index (χ3n) is 4.86. The Hall–Kier alpha value is -2.47. The van der Waals surface area contributed by atoms with Crippen molar-refractivity contribution in [1.29, 1.82) is 0 Å². The van der Waals surface area contributed by atoms with Crippen LogP contribution in [0.1, 0.15) is 47.3 Å². The van der Waals surface area contributed by atoms with E-state index in [1.165, 1.54) is 17.8 Å². The van der Waals surface area contributed by atoms with Gasteiger partial charge in [-0.2, -0.15) is 0 Å². The minimum absolute atomic E-state index is 0.00742. The SMILES string of the molecule is Cc1c(C(=O)OC2CCCCC2)sc2nc(-c3ccccc3)[nH]c(=O)c12. The zero-order valence-corrected chi connectivity index (χ0v) is 15.4. The maximum absolute atomic E-state index is 12.6. The summed E-state index contributed by atoms with van der Waals surface area (Å²) in [5, 5.41) is 0.477. The number of carbonyl (C=O) groups excluding carboxylic acids is 1. The number of aromatic nitrogens is 2. The van der Waals surface area contributed by atoms with Crippen LogP contribution in [0.25, 0.3) is 21.6 Å². The smallest absolute Gasteiger partial charge is 0.348 e. The molecule has 5 nitrogen and oxygen atoms in total. The van der Waals surface area contributed by atoms with Gasteiger partial charge in [0.05, 0.1) is 5.39 Å². The van der Waals surface area contributed by atoms with E-state index >= 15 is 0 Å². The van der Waals surface area contributed by atoms with E-state index in [4.69, 9.17) is 4.74 Å². The lowest BCUT2D eigenvalue weighted by atomic mass is 9.98. The van der Waals surface area contributed by atoms with Crippen molar-refractivity contribution in [3.8, 4) is 11.4 Å². The largest absolute Gasteiger partial charge is 0.458 e. The normalized spacial score (nSPS) is 15.3. The van der Waals surface area contributed by atoms with Crippen molar-refractivity contribution in [2.75, 3.05) is 0 Å². The minimum atomic E-state index is -0.335. The van der Waals surface area contributed by atoms with Crippen molar-refractivity contribution < 1.29 is 9.53 Å². The molecule has 0 spiro atoms. The molecule has 1 aliphatic carbocycles. The van der Waals surface area contributed by atoms with Crippen LogP contribution >= 0.6 is 11.3 Å². The molecule has 0 atom stereocenters. The number of fused-ring (bicyclic) bond motifs is 1. The quantitative estimate of drug-likeness (QED) is 0.693. The van der Waals surface area contributed by atoms with Crippen molar-refractivity contribution in [3.05, 3.63) is 51.1 Å². The van der Waals surface area contributed by atoms with E-state index in [1.807, 2.05) is 30.3 Å². The van der Waals surface area contributed by atoms with Gasteiger partial charge >= 0.3 is 5.97 Å². The van der Waals surface area contributed by atoms with Gasteiger partial charge in [-0.25, -0.2) is 9.78 Å². The Morgan fingerprint density at radius 2 is 1.92 bits per heavy atom. The van der Waals surface area contributed by atoms with Gasteiger partial charge in [0.15, 0.2) is 0 Å². The van der Waals surface area contributed by atoms with Gasteiger partial charge in [0.1, 0.15) is 21.6 Å². The average Bonchev–Trinajstić information content (AvgIpc) is 3.00. The zero-order valence-electron chi connectivity index (χ0n) is 14.6. The van der Waals surface area contributed by atoms with Crippen LogP contribution in [0.4, 0.5) is 0 Å². The summed E-state index contributed by atoms with van der Waals surface area (Å²) < 4.78 is 5.67. The van der Waals surface area contributed by atoms with Crippen molar-refractivity contribution in [3.63, 3.8) is 0 Å². The molecule has 0 amide bonds. The molecule has 0 aliphatic heterocycles. The summed E-state index contributed by atoms with van der Waals surface area (Å²) in [5.41, 5.74) is 1.27. The van der Waals surface area contributed by atoms with E-state index in [2.05, 4.69) is 9.97 Å². The van der Waals surface area contributed by atoms with Crippen LogP contribution in [0.5, 0.6) is 0 Å². The average molecular weight is 368 g/mol. The molecular weight excluding hydrogens is 348 g/mol. The maximum Gasteiger partial charge on any atom is 0.348 e. The predicted octanol–water partition coefficient (Wildman–Crippen LogP) is 4.45. The lowest BCUT2D eigenvalue weighted by molar-refractivity contribution is 0.0216. The first kappa shape index (κ1) is 17.0. The van der Waals surface area contributed by atoms with Gasteiger partial charge in [-0.15, -0.1) is 11.3 Å². The van der Waals surface area contributed by atoms with Crippen LogP contribution in [0.3, 0.4) is 0 Å². The Labute approximate surface area is 155 Å².